The number of benzene rings is 1. The van der Waals surface area contributed by atoms with Crippen molar-refractivity contribution in [2.75, 3.05) is 14.2 Å². The van der Waals surface area contributed by atoms with Crippen LogP contribution in [0.4, 0.5) is 0 Å². The largest absolute Gasteiger partial charge is 0.497 e. The van der Waals surface area contributed by atoms with Crippen LogP contribution in [-0.2, 0) is 4.74 Å². The fourth-order valence-electron chi connectivity index (χ4n) is 3.16. The Balaban J connectivity index is 2.07. The molecule has 0 aromatic heterocycles. The van der Waals surface area contributed by atoms with Gasteiger partial charge in [0.05, 0.1) is 26.4 Å². The van der Waals surface area contributed by atoms with Crippen LogP contribution in [0.2, 0.25) is 0 Å². The van der Waals surface area contributed by atoms with E-state index in [4.69, 9.17) is 14.2 Å². The van der Waals surface area contributed by atoms with Crippen molar-refractivity contribution in [3.63, 3.8) is 0 Å². The van der Waals surface area contributed by atoms with Gasteiger partial charge >= 0.3 is 0 Å². The summed E-state index contributed by atoms with van der Waals surface area (Å²) in [7, 11) is 3.37. The Labute approximate surface area is 127 Å². The van der Waals surface area contributed by atoms with Gasteiger partial charge in [0.25, 0.3) is 0 Å². The summed E-state index contributed by atoms with van der Waals surface area (Å²) in [5.41, 5.74) is 1.16. The fourth-order valence-corrected chi connectivity index (χ4v) is 3.16. The number of hydrogen-bond acceptors (Lipinski definition) is 4. The number of nitrogens with one attached hydrogen (secondary N) is 1. The molecule has 0 radical (unpaired) electrons. The molecule has 1 aliphatic heterocycles. The van der Waals surface area contributed by atoms with E-state index in [2.05, 4.69) is 32.2 Å². The van der Waals surface area contributed by atoms with E-state index in [1.165, 1.54) is 0 Å². The molecule has 1 aromatic carbocycles. The quantitative estimate of drug-likeness (QED) is 0.904. The van der Waals surface area contributed by atoms with Crippen molar-refractivity contribution in [1.82, 2.24) is 5.32 Å². The lowest BCUT2D eigenvalue weighted by Gasteiger charge is -2.34. The number of ether oxygens (including phenoxy) is 3. The molecule has 1 aromatic rings. The Morgan fingerprint density at radius 3 is 2.38 bits per heavy atom. The maximum atomic E-state index is 5.80. The third-order valence-corrected chi connectivity index (χ3v) is 4.09. The normalized spacial score (nSPS) is 27.2. The van der Waals surface area contributed by atoms with Crippen LogP contribution in [0.15, 0.2) is 18.2 Å². The monoisotopic (exact) mass is 293 g/mol. The van der Waals surface area contributed by atoms with Crippen molar-refractivity contribution in [3.8, 4) is 11.5 Å². The molecule has 21 heavy (non-hydrogen) atoms. The summed E-state index contributed by atoms with van der Waals surface area (Å²) in [6.07, 6.45) is 2.73. The fraction of sp³-hybridized carbons (Fsp3) is 0.647. The van der Waals surface area contributed by atoms with Crippen molar-refractivity contribution in [2.45, 2.75) is 57.9 Å². The lowest BCUT2D eigenvalue weighted by molar-refractivity contribution is -0.0433. The summed E-state index contributed by atoms with van der Waals surface area (Å²) in [5, 5.41) is 3.71. The van der Waals surface area contributed by atoms with Gasteiger partial charge in [-0.1, -0.05) is 6.07 Å². The third-order valence-electron chi connectivity index (χ3n) is 4.09. The second-order valence-electron chi connectivity index (χ2n) is 5.92. The summed E-state index contributed by atoms with van der Waals surface area (Å²) in [5.74, 6) is 1.68. The zero-order chi connectivity index (χ0) is 15.4. The molecule has 118 valence electrons. The Kier molecular flexibility index (Phi) is 5.48. The molecule has 0 bridgehead atoms. The highest BCUT2D eigenvalue weighted by molar-refractivity contribution is 5.42. The van der Waals surface area contributed by atoms with Crippen LogP contribution in [0.25, 0.3) is 0 Å². The molecule has 3 unspecified atom stereocenters. The van der Waals surface area contributed by atoms with Crippen molar-refractivity contribution in [2.24, 2.45) is 0 Å². The van der Waals surface area contributed by atoms with Crippen LogP contribution in [0.5, 0.6) is 11.5 Å². The van der Waals surface area contributed by atoms with E-state index in [0.717, 1.165) is 29.9 Å². The maximum absolute atomic E-state index is 5.80. The number of hydrogen-bond donors (Lipinski definition) is 1. The highest BCUT2D eigenvalue weighted by Crippen LogP contribution is 2.30. The van der Waals surface area contributed by atoms with Gasteiger partial charge in [0, 0.05) is 23.7 Å². The van der Waals surface area contributed by atoms with Crippen LogP contribution in [0, 0.1) is 0 Å². The summed E-state index contributed by atoms with van der Waals surface area (Å²) in [6.45, 7) is 6.46. The van der Waals surface area contributed by atoms with Gasteiger partial charge in [0.2, 0.25) is 0 Å². The summed E-state index contributed by atoms with van der Waals surface area (Å²) < 4.78 is 16.5. The third kappa shape index (κ3) is 4.11. The second-order valence-corrected chi connectivity index (χ2v) is 5.92. The van der Waals surface area contributed by atoms with E-state index in [9.17, 15) is 0 Å². The van der Waals surface area contributed by atoms with Crippen LogP contribution in [0.1, 0.15) is 45.2 Å². The zero-order valence-corrected chi connectivity index (χ0v) is 13.7. The predicted molar refractivity (Wildman–Crippen MR) is 84.1 cm³/mol. The predicted octanol–water partition coefficient (Wildman–Crippen LogP) is 3.31. The minimum Gasteiger partial charge on any atom is -0.497 e. The van der Waals surface area contributed by atoms with Crippen molar-refractivity contribution >= 4 is 0 Å². The molecule has 3 atom stereocenters. The first-order valence-corrected chi connectivity index (χ1v) is 7.67. The molecule has 1 fully saturated rings. The topological polar surface area (TPSA) is 39.7 Å². The average Bonchev–Trinajstić information content (AvgIpc) is 2.45. The van der Waals surface area contributed by atoms with Gasteiger partial charge < -0.3 is 19.5 Å². The molecule has 4 nitrogen and oxygen atoms in total. The standard InChI is InChI=1S/C17H27NO3/c1-11-8-14(9-12(2)21-11)18-13(3)16-7-6-15(19-4)10-17(16)20-5/h6-7,10-14,18H,8-9H2,1-5H3. The van der Waals surface area contributed by atoms with Gasteiger partial charge in [-0.15, -0.1) is 0 Å². The lowest BCUT2D eigenvalue weighted by Crippen LogP contribution is -2.42. The van der Waals surface area contributed by atoms with Gasteiger partial charge in [-0.25, -0.2) is 0 Å². The molecule has 1 heterocycles. The minimum atomic E-state index is 0.230. The second kappa shape index (κ2) is 7.14. The van der Waals surface area contributed by atoms with Gasteiger partial charge in [-0.2, -0.15) is 0 Å². The van der Waals surface area contributed by atoms with E-state index in [0.29, 0.717) is 18.2 Å². The molecule has 4 heteroatoms. The molecule has 0 saturated carbocycles. The molecule has 1 saturated heterocycles. The van der Waals surface area contributed by atoms with Gasteiger partial charge in [0.15, 0.2) is 0 Å². The maximum Gasteiger partial charge on any atom is 0.127 e. The molecule has 2 rings (SSSR count). The van der Waals surface area contributed by atoms with E-state index in [1.807, 2.05) is 12.1 Å². The smallest absolute Gasteiger partial charge is 0.127 e. The Hall–Kier alpha value is -1.26. The highest BCUT2D eigenvalue weighted by atomic mass is 16.5. The highest BCUT2D eigenvalue weighted by Gasteiger charge is 2.26. The molecule has 1 N–H and O–H groups in total. The van der Waals surface area contributed by atoms with E-state index in [-0.39, 0.29) is 6.04 Å². The van der Waals surface area contributed by atoms with Crippen LogP contribution >= 0.6 is 0 Å². The Morgan fingerprint density at radius 1 is 1.14 bits per heavy atom. The lowest BCUT2D eigenvalue weighted by atomic mass is 9.97. The number of rotatable bonds is 5. The van der Waals surface area contributed by atoms with Gasteiger partial charge in [-0.3, -0.25) is 0 Å². The van der Waals surface area contributed by atoms with Crippen LogP contribution in [0.3, 0.4) is 0 Å². The summed E-state index contributed by atoms with van der Waals surface area (Å²) in [4.78, 5) is 0. The summed E-state index contributed by atoms with van der Waals surface area (Å²) in [6, 6.07) is 6.69. The van der Waals surface area contributed by atoms with Crippen molar-refractivity contribution < 1.29 is 14.2 Å². The van der Waals surface area contributed by atoms with E-state index < -0.39 is 0 Å². The number of methoxy groups -OCH3 is 2. The van der Waals surface area contributed by atoms with Gasteiger partial charge in [0.1, 0.15) is 11.5 Å². The zero-order valence-electron chi connectivity index (χ0n) is 13.7. The molecule has 0 spiro atoms. The first kappa shape index (κ1) is 16.1. The summed E-state index contributed by atoms with van der Waals surface area (Å²) >= 11 is 0. The van der Waals surface area contributed by atoms with Crippen molar-refractivity contribution in [1.29, 1.82) is 0 Å². The Morgan fingerprint density at radius 2 is 1.81 bits per heavy atom. The molecular formula is C17H27NO3. The molecule has 1 aliphatic rings. The van der Waals surface area contributed by atoms with E-state index in [1.54, 1.807) is 14.2 Å². The van der Waals surface area contributed by atoms with Crippen LogP contribution < -0.4 is 14.8 Å². The molecule has 0 aliphatic carbocycles. The average molecular weight is 293 g/mol. The molecule has 0 amide bonds. The van der Waals surface area contributed by atoms with Crippen LogP contribution in [-0.4, -0.2) is 32.5 Å². The Bertz CT molecular complexity index is 453. The van der Waals surface area contributed by atoms with E-state index >= 15 is 0 Å². The SMILES string of the molecule is COc1ccc(C(C)NC2CC(C)OC(C)C2)c(OC)c1. The first-order chi connectivity index (χ1) is 10.0. The van der Waals surface area contributed by atoms with Crippen molar-refractivity contribution in [3.05, 3.63) is 23.8 Å². The minimum absolute atomic E-state index is 0.230. The first-order valence-electron chi connectivity index (χ1n) is 7.67. The molecular weight excluding hydrogens is 266 g/mol. The van der Waals surface area contributed by atoms with Gasteiger partial charge in [-0.05, 0) is 39.7 Å².